The summed E-state index contributed by atoms with van der Waals surface area (Å²) in [6.07, 6.45) is 0. The van der Waals surface area contributed by atoms with Crippen LogP contribution in [0.2, 0.25) is 0 Å². The first kappa shape index (κ1) is 9.54. The number of fused-ring (bicyclic) bond motifs is 1. The Bertz CT molecular complexity index is 525. The highest BCUT2D eigenvalue weighted by Gasteiger charge is 2.19. The van der Waals surface area contributed by atoms with Crippen molar-refractivity contribution in [3.63, 3.8) is 0 Å². The third-order valence-electron chi connectivity index (χ3n) is 1.78. The molecule has 6 heteroatoms. The number of rotatable bonds is 1. The zero-order chi connectivity index (χ0) is 10.3. The second-order valence-electron chi connectivity index (χ2n) is 2.62. The van der Waals surface area contributed by atoms with Crippen LogP contribution in [0.25, 0.3) is 10.1 Å². The molecule has 2 aromatic rings. The molecule has 2 rings (SSSR count). The highest BCUT2D eigenvalue weighted by Crippen LogP contribution is 2.36. The number of nitrogens with zero attached hydrogens (tertiary/aromatic N) is 1. The van der Waals surface area contributed by atoms with Crippen molar-refractivity contribution in [2.24, 2.45) is 0 Å². The van der Waals surface area contributed by atoms with E-state index in [0.29, 0.717) is 10.1 Å². The Morgan fingerprint density at radius 1 is 1.50 bits per heavy atom. The van der Waals surface area contributed by atoms with E-state index in [1.807, 2.05) is 0 Å². The third-order valence-corrected chi connectivity index (χ3v) is 3.38. The molecule has 0 aliphatic carbocycles. The van der Waals surface area contributed by atoms with Gasteiger partial charge in [-0.25, -0.2) is 0 Å². The fourth-order valence-corrected chi connectivity index (χ4v) is 2.77. The normalized spacial score (nSPS) is 10.7. The lowest BCUT2D eigenvalue weighted by molar-refractivity contribution is -0.385. The van der Waals surface area contributed by atoms with Gasteiger partial charge in [-0.3, -0.25) is 10.1 Å². The van der Waals surface area contributed by atoms with Gasteiger partial charge in [0.05, 0.1) is 14.1 Å². The van der Waals surface area contributed by atoms with Crippen molar-refractivity contribution in [1.29, 1.82) is 0 Å². The minimum atomic E-state index is -0.798. The summed E-state index contributed by atoms with van der Waals surface area (Å²) in [6, 6.07) is 4.21. The number of halogens is 2. The lowest BCUT2D eigenvalue weighted by Gasteiger charge is -1.94. The van der Waals surface area contributed by atoms with Gasteiger partial charge in [0.2, 0.25) is 5.82 Å². The minimum absolute atomic E-state index is 0.340. The van der Waals surface area contributed by atoms with Gasteiger partial charge >= 0.3 is 5.69 Å². The van der Waals surface area contributed by atoms with Gasteiger partial charge in [0.15, 0.2) is 0 Å². The molecular formula is C8H3BrFNO2S. The van der Waals surface area contributed by atoms with E-state index in [4.69, 9.17) is 0 Å². The summed E-state index contributed by atoms with van der Waals surface area (Å²) in [5.41, 5.74) is -0.454. The van der Waals surface area contributed by atoms with Crippen LogP contribution in [0, 0.1) is 15.9 Å². The van der Waals surface area contributed by atoms with Crippen molar-refractivity contribution in [2.45, 2.75) is 0 Å². The Morgan fingerprint density at radius 3 is 2.86 bits per heavy atom. The Balaban J connectivity index is 2.88. The first-order valence-corrected chi connectivity index (χ1v) is 5.22. The van der Waals surface area contributed by atoms with Gasteiger partial charge in [0.25, 0.3) is 0 Å². The predicted molar refractivity (Wildman–Crippen MR) is 56.1 cm³/mol. The van der Waals surface area contributed by atoms with Crippen LogP contribution in [0.1, 0.15) is 0 Å². The van der Waals surface area contributed by atoms with Gasteiger partial charge in [-0.15, -0.1) is 11.3 Å². The van der Waals surface area contributed by atoms with E-state index in [1.165, 1.54) is 17.4 Å². The van der Waals surface area contributed by atoms with Crippen molar-refractivity contribution < 1.29 is 9.31 Å². The summed E-state index contributed by atoms with van der Waals surface area (Å²) in [6.45, 7) is 0. The number of hydrogen-bond donors (Lipinski definition) is 0. The molecule has 14 heavy (non-hydrogen) atoms. The van der Waals surface area contributed by atoms with Crippen molar-refractivity contribution in [3.8, 4) is 0 Å². The van der Waals surface area contributed by atoms with E-state index in [9.17, 15) is 14.5 Å². The molecule has 0 radical (unpaired) electrons. The second kappa shape index (κ2) is 3.29. The number of benzene rings is 1. The molecule has 1 aromatic carbocycles. The number of nitro benzene ring substituents is 1. The lowest BCUT2D eigenvalue weighted by atomic mass is 10.2. The molecule has 0 fully saturated rings. The van der Waals surface area contributed by atoms with E-state index >= 15 is 0 Å². The molecule has 0 N–H and O–H groups in total. The van der Waals surface area contributed by atoms with Gasteiger partial charge in [0, 0.05) is 4.70 Å². The van der Waals surface area contributed by atoms with Crippen LogP contribution in [0.5, 0.6) is 0 Å². The lowest BCUT2D eigenvalue weighted by Crippen LogP contribution is -1.92. The first-order chi connectivity index (χ1) is 6.59. The number of thiophene rings is 1. The molecule has 0 amide bonds. The molecular weight excluding hydrogens is 273 g/mol. The number of nitro groups is 1. The summed E-state index contributed by atoms with van der Waals surface area (Å²) in [5.74, 6) is -0.798. The van der Waals surface area contributed by atoms with Gasteiger partial charge < -0.3 is 0 Å². The Kier molecular flexibility index (Phi) is 2.24. The van der Waals surface area contributed by atoms with E-state index in [2.05, 4.69) is 15.9 Å². The summed E-state index contributed by atoms with van der Waals surface area (Å²) < 4.78 is 14.6. The Morgan fingerprint density at radius 2 is 2.21 bits per heavy atom. The fraction of sp³-hybridized carbons (Fsp3) is 0. The van der Waals surface area contributed by atoms with Crippen LogP contribution in [0.4, 0.5) is 10.1 Å². The Labute approximate surface area is 90.4 Å². The average molecular weight is 276 g/mol. The topological polar surface area (TPSA) is 43.1 Å². The minimum Gasteiger partial charge on any atom is -0.258 e. The highest BCUT2D eigenvalue weighted by atomic mass is 79.9. The molecule has 72 valence electrons. The SMILES string of the molecule is O=[N+]([O-])c1c(F)ccc2sc(Br)cc12. The molecule has 0 saturated carbocycles. The second-order valence-corrected chi connectivity index (χ2v) is 5.08. The van der Waals surface area contributed by atoms with Gasteiger partial charge in [0.1, 0.15) is 0 Å². The van der Waals surface area contributed by atoms with E-state index in [1.54, 1.807) is 6.07 Å². The van der Waals surface area contributed by atoms with Crippen molar-refractivity contribution in [1.82, 2.24) is 0 Å². The molecule has 3 nitrogen and oxygen atoms in total. The van der Waals surface area contributed by atoms with E-state index < -0.39 is 16.4 Å². The zero-order valence-electron chi connectivity index (χ0n) is 6.66. The maximum Gasteiger partial charge on any atom is 0.313 e. The van der Waals surface area contributed by atoms with Gasteiger partial charge in [-0.1, -0.05) is 0 Å². The van der Waals surface area contributed by atoms with Gasteiger partial charge in [-0.05, 0) is 34.1 Å². The molecule has 0 atom stereocenters. The standard InChI is InChI=1S/C8H3BrFNO2S/c9-7-3-4-6(14-7)2-1-5(10)8(4)11(12)13/h1-3H. The van der Waals surface area contributed by atoms with E-state index in [0.717, 1.165) is 9.85 Å². The van der Waals surface area contributed by atoms with Crippen molar-refractivity contribution >= 4 is 43.0 Å². The van der Waals surface area contributed by atoms with Crippen LogP contribution in [-0.4, -0.2) is 4.92 Å². The van der Waals surface area contributed by atoms with E-state index in [-0.39, 0.29) is 0 Å². The van der Waals surface area contributed by atoms with Crippen molar-refractivity contribution in [3.05, 3.63) is 37.9 Å². The molecule has 0 bridgehead atoms. The largest absolute Gasteiger partial charge is 0.313 e. The van der Waals surface area contributed by atoms with Crippen LogP contribution < -0.4 is 0 Å². The maximum absolute atomic E-state index is 13.1. The third kappa shape index (κ3) is 1.40. The van der Waals surface area contributed by atoms with Crippen LogP contribution in [0.3, 0.4) is 0 Å². The fourth-order valence-electron chi connectivity index (χ4n) is 1.22. The number of hydrogen-bond acceptors (Lipinski definition) is 3. The quantitative estimate of drug-likeness (QED) is 0.588. The maximum atomic E-state index is 13.1. The molecule has 0 aliphatic heterocycles. The van der Waals surface area contributed by atoms with Gasteiger partial charge in [-0.2, -0.15) is 4.39 Å². The monoisotopic (exact) mass is 275 g/mol. The van der Waals surface area contributed by atoms with Crippen LogP contribution >= 0.6 is 27.3 Å². The smallest absolute Gasteiger partial charge is 0.258 e. The Hall–Kier alpha value is -1.01. The van der Waals surface area contributed by atoms with Crippen molar-refractivity contribution in [2.75, 3.05) is 0 Å². The molecule has 0 aliphatic rings. The highest BCUT2D eigenvalue weighted by molar-refractivity contribution is 9.11. The predicted octanol–water partition coefficient (Wildman–Crippen LogP) is 3.71. The summed E-state index contributed by atoms with van der Waals surface area (Å²) in [7, 11) is 0. The molecule has 1 aromatic heterocycles. The summed E-state index contributed by atoms with van der Waals surface area (Å²) in [5, 5.41) is 10.9. The molecule has 1 heterocycles. The van der Waals surface area contributed by atoms with Crippen LogP contribution in [-0.2, 0) is 0 Å². The summed E-state index contributed by atoms with van der Waals surface area (Å²) >= 11 is 4.54. The first-order valence-electron chi connectivity index (χ1n) is 3.61. The molecule has 0 unspecified atom stereocenters. The summed E-state index contributed by atoms with van der Waals surface area (Å²) in [4.78, 5) is 9.90. The van der Waals surface area contributed by atoms with Crippen LogP contribution in [0.15, 0.2) is 22.0 Å². The molecule has 0 saturated heterocycles. The zero-order valence-corrected chi connectivity index (χ0v) is 9.06. The average Bonchev–Trinajstić information content (AvgIpc) is 2.43. The molecule has 0 spiro atoms.